The number of ether oxygens (including phenoxy) is 2. The molecule has 7 nitrogen and oxygen atoms in total. The molecule has 1 saturated heterocycles. The number of carbonyl (C=O) groups is 1. The summed E-state index contributed by atoms with van der Waals surface area (Å²) in [6, 6.07) is 2.68. The number of phenols is 1. The predicted octanol–water partition coefficient (Wildman–Crippen LogP) is 2.06. The van der Waals surface area contributed by atoms with Crippen LogP contribution in [0.1, 0.15) is 54.9 Å². The molecule has 3 atom stereocenters. The van der Waals surface area contributed by atoms with Crippen LogP contribution in [0.3, 0.4) is 0 Å². The van der Waals surface area contributed by atoms with E-state index in [4.69, 9.17) is 9.47 Å². The molecule has 1 aliphatic rings. The highest BCUT2D eigenvalue weighted by Gasteiger charge is 2.31. The number of hydrogen-bond acceptors (Lipinski definition) is 6. The Morgan fingerprint density at radius 1 is 1.32 bits per heavy atom. The van der Waals surface area contributed by atoms with Gasteiger partial charge in [0, 0.05) is 18.9 Å². The molecule has 0 saturated carbocycles. The zero-order valence-corrected chi connectivity index (χ0v) is 14.4. The fraction of sp³-hybridized carbons (Fsp3) is 0.611. The van der Waals surface area contributed by atoms with E-state index in [0.717, 1.165) is 19.3 Å². The molecule has 1 aromatic carbocycles. The van der Waals surface area contributed by atoms with Gasteiger partial charge in [-0.25, -0.2) is 4.79 Å². The first-order chi connectivity index (χ1) is 11.9. The maximum absolute atomic E-state index is 11.7. The van der Waals surface area contributed by atoms with Crippen LogP contribution in [0.2, 0.25) is 0 Å². The highest BCUT2D eigenvalue weighted by Crippen LogP contribution is 2.32. The van der Waals surface area contributed by atoms with Gasteiger partial charge in [0.1, 0.15) is 17.1 Å². The number of unbranched alkanes of at least 4 members (excludes halogenated alkanes) is 2. The van der Waals surface area contributed by atoms with Gasteiger partial charge in [0.05, 0.1) is 18.8 Å². The maximum atomic E-state index is 11.7. The number of aromatic carboxylic acids is 1. The summed E-state index contributed by atoms with van der Waals surface area (Å²) in [5.41, 5.74) is 0.504. The first-order valence-electron chi connectivity index (χ1n) is 8.64. The number of carboxylic acid groups (broad SMARTS) is 1. The summed E-state index contributed by atoms with van der Waals surface area (Å²) >= 11 is 0. The Morgan fingerprint density at radius 3 is 2.72 bits per heavy atom. The molecule has 0 amide bonds. The normalized spacial score (nSPS) is 23.4. The number of aryl methyl sites for hydroxylation is 1. The van der Waals surface area contributed by atoms with Crippen LogP contribution in [-0.2, 0) is 11.2 Å². The molecule has 0 spiro atoms. The molecule has 0 bridgehead atoms. The minimum atomic E-state index is -1.14. The van der Waals surface area contributed by atoms with Crippen molar-refractivity contribution in [2.45, 2.75) is 63.9 Å². The van der Waals surface area contributed by atoms with Crippen LogP contribution in [0.15, 0.2) is 12.1 Å². The highest BCUT2D eigenvalue weighted by atomic mass is 16.7. The van der Waals surface area contributed by atoms with Gasteiger partial charge < -0.3 is 29.9 Å². The van der Waals surface area contributed by atoms with E-state index >= 15 is 0 Å². The molecule has 140 valence electrons. The van der Waals surface area contributed by atoms with E-state index < -0.39 is 24.5 Å². The lowest BCUT2D eigenvalue weighted by molar-refractivity contribution is -0.184. The zero-order chi connectivity index (χ0) is 18.4. The molecule has 1 aromatic rings. The van der Waals surface area contributed by atoms with E-state index in [0.29, 0.717) is 18.4 Å². The van der Waals surface area contributed by atoms with E-state index in [2.05, 4.69) is 6.92 Å². The van der Waals surface area contributed by atoms with Crippen LogP contribution in [0.25, 0.3) is 0 Å². The van der Waals surface area contributed by atoms with Gasteiger partial charge in [-0.05, 0) is 24.5 Å². The van der Waals surface area contributed by atoms with E-state index in [-0.39, 0.29) is 30.1 Å². The van der Waals surface area contributed by atoms with Crippen LogP contribution >= 0.6 is 0 Å². The van der Waals surface area contributed by atoms with E-state index in [1.807, 2.05) is 0 Å². The van der Waals surface area contributed by atoms with Gasteiger partial charge in [-0.2, -0.15) is 0 Å². The van der Waals surface area contributed by atoms with Crippen molar-refractivity contribution in [1.29, 1.82) is 0 Å². The van der Waals surface area contributed by atoms with Crippen molar-refractivity contribution in [2.75, 3.05) is 6.61 Å². The Labute approximate surface area is 146 Å². The fourth-order valence-electron chi connectivity index (χ4n) is 3.04. The molecule has 0 aromatic heterocycles. The van der Waals surface area contributed by atoms with Crippen LogP contribution in [0.4, 0.5) is 0 Å². The maximum Gasteiger partial charge on any atom is 0.339 e. The number of hydrogen-bond donors (Lipinski definition) is 4. The number of aliphatic hydroxyl groups is 2. The van der Waals surface area contributed by atoms with Gasteiger partial charge in [0.25, 0.3) is 0 Å². The molecule has 1 heterocycles. The number of aromatic hydroxyl groups is 1. The van der Waals surface area contributed by atoms with Gasteiger partial charge in [-0.3, -0.25) is 0 Å². The Morgan fingerprint density at radius 2 is 2.08 bits per heavy atom. The topological polar surface area (TPSA) is 116 Å². The second-order valence-electron chi connectivity index (χ2n) is 6.35. The molecule has 1 fully saturated rings. The number of phenolic OH excluding ortho intramolecular Hbond substituents is 1. The molecule has 7 heteroatoms. The summed E-state index contributed by atoms with van der Waals surface area (Å²) in [6.07, 6.45) is 1.60. The molecular weight excluding hydrogens is 328 g/mol. The van der Waals surface area contributed by atoms with E-state index in [1.165, 1.54) is 12.1 Å². The second kappa shape index (κ2) is 9.03. The quantitative estimate of drug-likeness (QED) is 0.528. The SMILES string of the molecule is CCCCCc1cc(O)cc(OC2CC(O)CC(CO)O2)c1C(=O)O. The van der Waals surface area contributed by atoms with Gasteiger partial charge in [0.15, 0.2) is 0 Å². The number of aliphatic hydroxyl groups excluding tert-OH is 2. The first-order valence-corrected chi connectivity index (χ1v) is 8.64. The highest BCUT2D eigenvalue weighted by molar-refractivity contribution is 5.93. The fourth-order valence-corrected chi connectivity index (χ4v) is 3.04. The monoisotopic (exact) mass is 354 g/mol. The predicted molar refractivity (Wildman–Crippen MR) is 89.9 cm³/mol. The zero-order valence-electron chi connectivity index (χ0n) is 14.4. The smallest absolute Gasteiger partial charge is 0.339 e. The molecule has 0 aliphatic carbocycles. The lowest BCUT2D eigenvalue weighted by Crippen LogP contribution is -2.40. The van der Waals surface area contributed by atoms with E-state index in [1.54, 1.807) is 0 Å². The molecule has 3 unspecified atom stereocenters. The minimum absolute atomic E-state index is 0.00175. The van der Waals surface area contributed by atoms with Crippen LogP contribution in [-0.4, -0.2) is 51.5 Å². The summed E-state index contributed by atoms with van der Waals surface area (Å²) in [5, 5.41) is 38.6. The average molecular weight is 354 g/mol. The van der Waals surface area contributed by atoms with Crippen molar-refractivity contribution in [3.8, 4) is 11.5 Å². The minimum Gasteiger partial charge on any atom is -0.508 e. The molecule has 2 rings (SSSR count). The summed E-state index contributed by atoms with van der Waals surface area (Å²) in [6.45, 7) is 1.80. The number of rotatable bonds is 8. The van der Waals surface area contributed by atoms with Crippen molar-refractivity contribution in [2.24, 2.45) is 0 Å². The summed E-state index contributed by atoms with van der Waals surface area (Å²) in [4.78, 5) is 11.7. The van der Waals surface area contributed by atoms with Crippen molar-refractivity contribution in [3.05, 3.63) is 23.3 Å². The van der Waals surface area contributed by atoms with Crippen molar-refractivity contribution in [1.82, 2.24) is 0 Å². The van der Waals surface area contributed by atoms with Gasteiger partial charge in [-0.1, -0.05) is 19.8 Å². The molecule has 25 heavy (non-hydrogen) atoms. The molecule has 1 aliphatic heterocycles. The second-order valence-corrected chi connectivity index (χ2v) is 6.35. The average Bonchev–Trinajstić information content (AvgIpc) is 2.53. The summed E-state index contributed by atoms with van der Waals surface area (Å²) in [5.74, 6) is -1.21. The standard InChI is InChI=1S/C18H26O7/c1-2-3-4-5-11-6-12(20)8-15(17(11)18(22)23)25-16-9-13(21)7-14(10-19)24-16/h6,8,13-14,16,19-21H,2-5,7,9-10H2,1H3,(H,22,23). The number of benzene rings is 1. The number of carboxylic acids is 1. The molecule has 4 N–H and O–H groups in total. The largest absolute Gasteiger partial charge is 0.508 e. The lowest BCUT2D eigenvalue weighted by Gasteiger charge is -2.32. The van der Waals surface area contributed by atoms with Gasteiger partial charge in [0.2, 0.25) is 6.29 Å². The first kappa shape index (κ1) is 19.5. The van der Waals surface area contributed by atoms with Gasteiger partial charge >= 0.3 is 5.97 Å². The van der Waals surface area contributed by atoms with Crippen molar-refractivity contribution >= 4 is 5.97 Å². The third kappa shape index (κ3) is 5.32. The van der Waals surface area contributed by atoms with Gasteiger partial charge in [-0.15, -0.1) is 0 Å². The Bertz CT molecular complexity index is 587. The van der Waals surface area contributed by atoms with E-state index in [9.17, 15) is 25.2 Å². The third-order valence-corrected chi connectivity index (χ3v) is 4.24. The summed E-state index contributed by atoms with van der Waals surface area (Å²) < 4.78 is 11.2. The van der Waals surface area contributed by atoms with Crippen LogP contribution in [0, 0.1) is 0 Å². The third-order valence-electron chi connectivity index (χ3n) is 4.24. The Hall–Kier alpha value is -1.83. The molecular formula is C18H26O7. The van der Waals surface area contributed by atoms with Crippen molar-refractivity contribution < 1.29 is 34.7 Å². The van der Waals surface area contributed by atoms with Crippen LogP contribution < -0.4 is 4.74 Å². The Balaban J connectivity index is 2.24. The van der Waals surface area contributed by atoms with Crippen molar-refractivity contribution in [3.63, 3.8) is 0 Å². The van der Waals surface area contributed by atoms with Crippen LogP contribution in [0.5, 0.6) is 11.5 Å². The Kier molecular flexibility index (Phi) is 7.04. The summed E-state index contributed by atoms with van der Waals surface area (Å²) in [7, 11) is 0. The molecule has 0 radical (unpaired) electrons. The lowest BCUT2D eigenvalue weighted by atomic mass is 9.99.